The van der Waals surface area contributed by atoms with Gasteiger partial charge in [-0.25, -0.2) is 0 Å². The van der Waals surface area contributed by atoms with Gasteiger partial charge in [-0.15, -0.1) is 0 Å². The fourth-order valence-corrected chi connectivity index (χ4v) is 3.08. The lowest BCUT2D eigenvalue weighted by Crippen LogP contribution is -2.20. The zero-order chi connectivity index (χ0) is 17.8. The fourth-order valence-electron chi connectivity index (χ4n) is 2.53. The Bertz CT molecular complexity index is 1030. The summed E-state index contributed by atoms with van der Waals surface area (Å²) < 4.78 is 13.9. The summed E-state index contributed by atoms with van der Waals surface area (Å²) in [6, 6.07) is 16.9. The summed E-state index contributed by atoms with van der Waals surface area (Å²) in [5, 5.41) is 2.81. The van der Waals surface area contributed by atoms with Crippen molar-refractivity contribution in [1.29, 1.82) is 0 Å². The molecule has 0 aliphatic heterocycles. The van der Waals surface area contributed by atoms with Crippen LogP contribution in [0, 0.1) is 0 Å². The van der Waals surface area contributed by atoms with E-state index in [4.69, 9.17) is 4.74 Å². The van der Waals surface area contributed by atoms with Gasteiger partial charge in [0.15, 0.2) is 6.61 Å². The van der Waals surface area contributed by atoms with E-state index in [9.17, 15) is 4.79 Å². The number of carbonyl (C=O) groups is 1. The van der Waals surface area contributed by atoms with Crippen LogP contribution in [0.25, 0.3) is 22.2 Å². The Labute approximate surface area is 153 Å². The van der Waals surface area contributed by atoms with Crippen LogP contribution in [-0.2, 0) is 4.79 Å². The number of ether oxygens (including phenoxy) is 1. The molecule has 0 aliphatic carbocycles. The van der Waals surface area contributed by atoms with Crippen LogP contribution in [0.4, 0.5) is 5.69 Å². The Kier molecular flexibility index (Phi) is 4.53. The number of aromatic nitrogens is 3. The molecular weight excluding hydrogens is 348 g/mol. The van der Waals surface area contributed by atoms with E-state index >= 15 is 0 Å². The summed E-state index contributed by atoms with van der Waals surface area (Å²) in [5.74, 6) is 0.384. The van der Waals surface area contributed by atoms with Crippen molar-refractivity contribution in [2.75, 3.05) is 11.9 Å². The highest BCUT2D eigenvalue weighted by atomic mass is 32.1. The molecule has 0 fully saturated rings. The number of benzene rings is 2. The predicted octanol–water partition coefficient (Wildman–Crippen LogP) is 3.77. The third-order valence-corrected chi connectivity index (χ3v) is 4.34. The summed E-state index contributed by atoms with van der Waals surface area (Å²) in [6.45, 7) is -0.0808. The average Bonchev–Trinajstić information content (AvgIpc) is 3.17. The number of carbonyl (C=O) groups excluding carboxylic acids is 1. The Balaban J connectivity index is 1.38. The molecule has 128 valence electrons. The van der Waals surface area contributed by atoms with Crippen LogP contribution in [0.1, 0.15) is 0 Å². The maximum Gasteiger partial charge on any atom is 0.262 e. The normalized spacial score (nSPS) is 10.6. The van der Waals surface area contributed by atoms with Crippen LogP contribution in [0.5, 0.6) is 5.75 Å². The summed E-state index contributed by atoms with van der Waals surface area (Å²) in [6.07, 6.45) is 3.50. The second-order valence-corrected chi connectivity index (χ2v) is 6.06. The summed E-state index contributed by atoms with van der Waals surface area (Å²) in [5.41, 5.74) is 4.23. The Morgan fingerprint density at radius 3 is 2.54 bits per heavy atom. The first-order chi connectivity index (χ1) is 12.8. The molecule has 0 spiro atoms. The third kappa shape index (κ3) is 3.52. The minimum atomic E-state index is -0.247. The van der Waals surface area contributed by atoms with Gasteiger partial charge in [-0.2, -0.15) is 8.75 Å². The number of nitrogens with one attached hydrogen (secondary N) is 1. The molecular formula is C19H14N4O2S. The van der Waals surface area contributed by atoms with Gasteiger partial charge in [0, 0.05) is 12.4 Å². The van der Waals surface area contributed by atoms with E-state index in [1.807, 2.05) is 48.5 Å². The van der Waals surface area contributed by atoms with Crippen LogP contribution in [0.15, 0.2) is 67.0 Å². The van der Waals surface area contributed by atoms with Crippen molar-refractivity contribution in [1.82, 2.24) is 13.7 Å². The van der Waals surface area contributed by atoms with Gasteiger partial charge in [0.05, 0.1) is 17.4 Å². The minimum absolute atomic E-state index is 0.0808. The first-order valence-corrected chi connectivity index (χ1v) is 8.67. The van der Waals surface area contributed by atoms with Gasteiger partial charge in [0.2, 0.25) is 0 Å². The molecule has 0 bridgehead atoms. The lowest BCUT2D eigenvalue weighted by molar-refractivity contribution is -0.118. The summed E-state index contributed by atoms with van der Waals surface area (Å²) in [7, 11) is 0. The quantitative estimate of drug-likeness (QED) is 0.585. The molecule has 0 unspecified atom stereocenters. The topological polar surface area (TPSA) is 77.0 Å². The SMILES string of the molecule is O=C(COc1ccc(-c2ccncc2)cc1)Nc1cccc2nsnc12. The van der Waals surface area contributed by atoms with Gasteiger partial charge in [0.25, 0.3) is 5.91 Å². The fraction of sp³-hybridized carbons (Fsp3) is 0.0526. The lowest BCUT2D eigenvalue weighted by Gasteiger charge is -2.08. The van der Waals surface area contributed by atoms with Crippen LogP contribution < -0.4 is 10.1 Å². The van der Waals surface area contributed by atoms with Crippen molar-refractivity contribution < 1.29 is 9.53 Å². The Morgan fingerprint density at radius 1 is 0.962 bits per heavy atom. The van der Waals surface area contributed by atoms with Gasteiger partial charge >= 0.3 is 0 Å². The molecule has 0 aliphatic rings. The molecule has 0 radical (unpaired) electrons. The minimum Gasteiger partial charge on any atom is -0.484 e. The Hall–Kier alpha value is -3.32. The van der Waals surface area contributed by atoms with Gasteiger partial charge in [-0.05, 0) is 47.5 Å². The van der Waals surface area contributed by atoms with Crippen molar-refractivity contribution in [2.24, 2.45) is 0 Å². The van der Waals surface area contributed by atoms with E-state index in [-0.39, 0.29) is 12.5 Å². The standard InChI is InChI=1S/C19H14N4O2S/c24-18(21-16-2-1-3-17-19(16)23-26-22-17)12-25-15-6-4-13(5-7-15)14-8-10-20-11-9-14/h1-11H,12H2,(H,21,24). The molecule has 1 N–H and O–H groups in total. The first-order valence-electron chi connectivity index (χ1n) is 7.94. The highest BCUT2D eigenvalue weighted by Crippen LogP contribution is 2.23. The predicted molar refractivity (Wildman–Crippen MR) is 101 cm³/mol. The number of nitrogens with zero attached hydrogens (tertiary/aromatic N) is 3. The number of pyridine rings is 1. The maximum atomic E-state index is 12.2. The average molecular weight is 362 g/mol. The second kappa shape index (κ2) is 7.28. The summed E-state index contributed by atoms with van der Waals surface area (Å²) in [4.78, 5) is 16.2. The van der Waals surface area contributed by atoms with Gasteiger partial charge in [-0.1, -0.05) is 18.2 Å². The monoisotopic (exact) mass is 362 g/mol. The van der Waals surface area contributed by atoms with E-state index < -0.39 is 0 Å². The molecule has 0 saturated heterocycles. The van der Waals surface area contributed by atoms with E-state index in [1.54, 1.807) is 18.5 Å². The van der Waals surface area contributed by atoms with Crippen LogP contribution in [0.3, 0.4) is 0 Å². The first kappa shape index (κ1) is 16.2. The zero-order valence-electron chi connectivity index (χ0n) is 13.6. The van der Waals surface area contributed by atoms with E-state index in [0.29, 0.717) is 17.0 Å². The van der Waals surface area contributed by atoms with Gasteiger partial charge in [0.1, 0.15) is 16.8 Å². The molecule has 2 aromatic carbocycles. The largest absolute Gasteiger partial charge is 0.484 e. The van der Waals surface area contributed by atoms with Crippen molar-refractivity contribution in [3.05, 3.63) is 67.0 Å². The Morgan fingerprint density at radius 2 is 1.73 bits per heavy atom. The maximum absolute atomic E-state index is 12.2. The number of hydrogen-bond acceptors (Lipinski definition) is 6. The summed E-state index contributed by atoms with van der Waals surface area (Å²) >= 11 is 1.12. The number of anilines is 1. The second-order valence-electron chi connectivity index (χ2n) is 5.53. The van der Waals surface area contributed by atoms with Crippen molar-refractivity contribution >= 4 is 34.4 Å². The molecule has 6 nitrogen and oxygen atoms in total. The number of rotatable bonds is 5. The van der Waals surface area contributed by atoms with Crippen LogP contribution >= 0.6 is 11.7 Å². The van der Waals surface area contributed by atoms with E-state index in [2.05, 4.69) is 19.0 Å². The molecule has 26 heavy (non-hydrogen) atoms. The van der Waals surface area contributed by atoms with Crippen molar-refractivity contribution in [2.45, 2.75) is 0 Å². The van der Waals surface area contributed by atoms with Gasteiger partial charge < -0.3 is 10.1 Å². The molecule has 7 heteroatoms. The number of amides is 1. The molecule has 1 amide bonds. The molecule has 4 aromatic rings. The third-order valence-electron chi connectivity index (χ3n) is 3.80. The van der Waals surface area contributed by atoms with E-state index in [1.165, 1.54) is 0 Å². The van der Waals surface area contributed by atoms with Gasteiger partial charge in [-0.3, -0.25) is 9.78 Å². The molecule has 0 saturated carbocycles. The van der Waals surface area contributed by atoms with E-state index in [0.717, 1.165) is 28.4 Å². The molecule has 2 heterocycles. The lowest BCUT2D eigenvalue weighted by atomic mass is 10.1. The highest BCUT2D eigenvalue weighted by Gasteiger charge is 2.09. The van der Waals surface area contributed by atoms with Crippen molar-refractivity contribution in [3.8, 4) is 16.9 Å². The van der Waals surface area contributed by atoms with Crippen LogP contribution in [-0.4, -0.2) is 26.2 Å². The van der Waals surface area contributed by atoms with Crippen molar-refractivity contribution in [3.63, 3.8) is 0 Å². The highest BCUT2D eigenvalue weighted by molar-refractivity contribution is 7.00. The molecule has 0 atom stereocenters. The smallest absolute Gasteiger partial charge is 0.262 e. The molecule has 4 rings (SSSR count). The zero-order valence-corrected chi connectivity index (χ0v) is 14.4. The number of hydrogen-bond donors (Lipinski definition) is 1. The van der Waals surface area contributed by atoms with Crippen LogP contribution in [0.2, 0.25) is 0 Å². The molecule has 2 aromatic heterocycles. The number of fused-ring (bicyclic) bond motifs is 1.